The van der Waals surface area contributed by atoms with Gasteiger partial charge in [-0.3, -0.25) is 9.59 Å². The maximum Gasteiger partial charge on any atom is 0.254 e. The second-order valence-electron chi connectivity index (χ2n) is 10.2. The predicted molar refractivity (Wildman–Crippen MR) is 148 cm³/mol. The first-order valence-electron chi connectivity index (χ1n) is 12.9. The van der Waals surface area contributed by atoms with Gasteiger partial charge in [-0.05, 0) is 42.2 Å². The molecule has 7 nitrogen and oxygen atoms in total. The van der Waals surface area contributed by atoms with E-state index in [1.165, 1.54) is 4.90 Å². The average molecular weight is 528 g/mol. The first-order chi connectivity index (χ1) is 18.3. The number of anilines is 1. The van der Waals surface area contributed by atoms with E-state index in [1.54, 1.807) is 38.5 Å². The third-order valence-electron chi connectivity index (χ3n) is 7.74. The zero-order valence-electron chi connectivity index (χ0n) is 21.7. The summed E-state index contributed by atoms with van der Waals surface area (Å²) >= 11 is 6.40. The molecular weight excluding hydrogens is 498 g/mol. The topological polar surface area (TPSA) is 80.5 Å². The molecule has 38 heavy (non-hydrogen) atoms. The summed E-state index contributed by atoms with van der Waals surface area (Å²) in [5, 5.41) is 10.3. The van der Waals surface area contributed by atoms with Crippen molar-refractivity contribution in [2.24, 2.45) is 0 Å². The number of halogens is 1. The standard InChI is InChI=1S/C30H30ClN5O2/c1-34(2)28(37)25-10-9-21(18-26(25)31)23-17-22(19-32)27(33-20-23)35-13-15-36(16-14-35)29(38)30(11-6-12-30)24-7-4-3-5-8-24/h3-5,7-10,17-18,20H,6,11-16H2,1-2H3. The lowest BCUT2D eigenvalue weighted by atomic mass is 9.63. The van der Waals surface area contributed by atoms with Gasteiger partial charge in [-0.1, -0.05) is 54.4 Å². The van der Waals surface area contributed by atoms with Gasteiger partial charge in [0, 0.05) is 52.0 Å². The molecule has 3 aromatic rings. The summed E-state index contributed by atoms with van der Waals surface area (Å²) in [5.74, 6) is 0.666. The fourth-order valence-corrected chi connectivity index (χ4v) is 5.66. The first-order valence-corrected chi connectivity index (χ1v) is 13.2. The monoisotopic (exact) mass is 527 g/mol. The van der Waals surface area contributed by atoms with E-state index in [1.807, 2.05) is 29.2 Å². The largest absolute Gasteiger partial charge is 0.352 e. The maximum atomic E-state index is 13.6. The Kier molecular flexibility index (Phi) is 7.09. The molecule has 5 rings (SSSR count). The molecule has 8 heteroatoms. The van der Waals surface area contributed by atoms with Crippen LogP contribution in [0.25, 0.3) is 11.1 Å². The molecule has 1 aliphatic heterocycles. The second kappa shape index (κ2) is 10.5. The number of amides is 2. The maximum absolute atomic E-state index is 13.6. The highest BCUT2D eigenvalue weighted by atomic mass is 35.5. The zero-order chi connectivity index (χ0) is 26.9. The summed E-state index contributed by atoms with van der Waals surface area (Å²) in [6.45, 7) is 2.42. The van der Waals surface area contributed by atoms with Gasteiger partial charge in [-0.2, -0.15) is 5.26 Å². The number of nitriles is 1. The Morgan fingerprint density at radius 3 is 2.29 bits per heavy atom. The van der Waals surface area contributed by atoms with E-state index < -0.39 is 5.41 Å². The number of nitrogens with zero attached hydrogens (tertiary/aromatic N) is 5. The molecular formula is C30H30ClN5O2. The Hall–Kier alpha value is -3.89. The summed E-state index contributed by atoms with van der Waals surface area (Å²) in [7, 11) is 3.36. The number of hydrogen-bond acceptors (Lipinski definition) is 5. The van der Waals surface area contributed by atoms with Crippen LogP contribution in [0.3, 0.4) is 0 Å². The van der Waals surface area contributed by atoms with Gasteiger partial charge >= 0.3 is 0 Å². The van der Waals surface area contributed by atoms with Crippen LogP contribution in [-0.4, -0.2) is 66.9 Å². The molecule has 0 bridgehead atoms. The molecule has 0 radical (unpaired) electrons. The Morgan fingerprint density at radius 2 is 1.71 bits per heavy atom. The van der Waals surface area contributed by atoms with Gasteiger partial charge < -0.3 is 14.7 Å². The van der Waals surface area contributed by atoms with Gasteiger partial charge in [-0.25, -0.2) is 4.98 Å². The number of benzene rings is 2. The molecule has 2 aromatic carbocycles. The lowest BCUT2D eigenvalue weighted by Gasteiger charge is -2.46. The Morgan fingerprint density at radius 1 is 1.00 bits per heavy atom. The molecule has 1 saturated carbocycles. The molecule has 0 N–H and O–H groups in total. The number of piperazine rings is 1. The summed E-state index contributed by atoms with van der Waals surface area (Å²) in [6, 6.07) is 19.5. The number of rotatable bonds is 5. The second-order valence-corrected chi connectivity index (χ2v) is 10.6. The van der Waals surface area contributed by atoms with E-state index in [0.717, 1.165) is 36.0 Å². The highest BCUT2D eigenvalue weighted by Gasteiger charge is 2.47. The van der Waals surface area contributed by atoms with Gasteiger partial charge in [0.2, 0.25) is 5.91 Å². The van der Waals surface area contributed by atoms with Crippen molar-refractivity contribution in [1.82, 2.24) is 14.8 Å². The Labute approximate surface area is 228 Å². The normalized spacial score (nSPS) is 16.4. The molecule has 2 heterocycles. The number of aromatic nitrogens is 1. The molecule has 1 aromatic heterocycles. The minimum absolute atomic E-state index is 0.169. The van der Waals surface area contributed by atoms with Crippen molar-refractivity contribution in [2.75, 3.05) is 45.2 Å². The smallest absolute Gasteiger partial charge is 0.254 e. The molecule has 0 spiro atoms. The SMILES string of the molecule is CN(C)C(=O)c1ccc(-c2cnc(N3CCN(C(=O)C4(c5ccccc5)CCC4)CC3)c(C#N)c2)cc1Cl. The van der Waals surface area contributed by atoms with Crippen LogP contribution in [0.1, 0.15) is 40.7 Å². The molecule has 1 aliphatic carbocycles. The van der Waals surface area contributed by atoms with E-state index in [2.05, 4.69) is 28.1 Å². The van der Waals surface area contributed by atoms with Crippen LogP contribution < -0.4 is 4.90 Å². The van der Waals surface area contributed by atoms with Crippen molar-refractivity contribution in [1.29, 1.82) is 5.26 Å². The van der Waals surface area contributed by atoms with Crippen molar-refractivity contribution < 1.29 is 9.59 Å². The van der Waals surface area contributed by atoms with Crippen LogP contribution in [0.5, 0.6) is 0 Å². The quantitative estimate of drug-likeness (QED) is 0.478. The molecule has 194 valence electrons. The van der Waals surface area contributed by atoms with Crippen molar-refractivity contribution in [3.05, 3.63) is 82.5 Å². The summed E-state index contributed by atoms with van der Waals surface area (Å²) < 4.78 is 0. The summed E-state index contributed by atoms with van der Waals surface area (Å²) in [4.78, 5) is 36.1. The van der Waals surface area contributed by atoms with Crippen LogP contribution in [0.15, 0.2) is 60.8 Å². The first kappa shape index (κ1) is 25.7. The Balaban J connectivity index is 1.30. The van der Waals surface area contributed by atoms with Gasteiger partial charge in [0.15, 0.2) is 0 Å². The average Bonchev–Trinajstić information content (AvgIpc) is 2.92. The molecule has 1 saturated heterocycles. The van der Waals surface area contributed by atoms with Crippen molar-refractivity contribution >= 4 is 29.2 Å². The van der Waals surface area contributed by atoms with E-state index in [9.17, 15) is 14.9 Å². The molecule has 2 amide bonds. The van der Waals surface area contributed by atoms with Gasteiger partial charge in [0.1, 0.15) is 11.9 Å². The van der Waals surface area contributed by atoms with Gasteiger partial charge in [0.25, 0.3) is 5.91 Å². The zero-order valence-corrected chi connectivity index (χ0v) is 22.4. The van der Waals surface area contributed by atoms with E-state index in [-0.39, 0.29) is 11.8 Å². The fraction of sp³-hybridized carbons (Fsp3) is 0.333. The van der Waals surface area contributed by atoms with E-state index in [0.29, 0.717) is 48.1 Å². The number of carbonyl (C=O) groups is 2. The molecule has 2 fully saturated rings. The van der Waals surface area contributed by atoms with Crippen LogP contribution in [0.2, 0.25) is 5.02 Å². The highest BCUT2D eigenvalue weighted by Crippen LogP contribution is 2.45. The summed E-state index contributed by atoms with van der Waals surface area (Å²) in [5.41, 5.74) is 3.14. The van der Waals surface area contributed by atoms with Gasteiger partial charge in [-0.15, -0.1) is 0 Å². The minimum Gasteiger partial charge on any atom is -0.352 e. The summed E-state index contributed by atoms with van der Waals surface area (Å²) in [6.07, 6.45) is 4.59. The number of hydrogen-bond donors (Lipinski definition) is 0. The lowest BCUT2D eigenvalue weighted by Crippen LogP contribution is -2.57. The van der Waals surface area contributed by atoms with Crippen LogP contribution in [-0.2, 0) is 10.2 Å². The minimum atomic E-state index is -0.394. The predicted octanol–water partition coefficient (Wildman–Crippen LogP) is 4.75. The van der Waals surface area contributed by atoms with E-state index in [4.69, 9.17) is 11.6 Å². The van der Waals surface area contributed by atoms with Gasteiger partial charge in [0.05, 0.1) is 21.6 Å². The molecule has 0 atom stereocenters. The Bertz CT molecular complexity index is 1400. The molecule has 2 aliphatic rings. The third kappa shape index (κ3) is 4.61. The lowest BCUT2D eigenvalue weighted by molar-refractivity contribution is -0.141. The number of pyridine rings is 1. The third-order valence-corrected chi connectivity index (χ3v) is 8.05. The van der Waals surface area contributed by atoms with Crippen LogP contribution in [0.4, 0.5) is 5.82 Å². The number of carbonyl (C=O) groups excluding carboxylic acids is 2. The van der Waals surface area contributed by atoms with Crippen molar-refractivity contribution in [2.45, 2.75) is 24.7 Å². The van der Waals surface area contributed by atoms with E-state index >= 15 is 0 Å². The van der Waals surface area contributed by atoms with Crippen molar-refractivity contribution in [3.8, 4) is 17.2 Å². The van der Waals surface area contributed by atoms with Crippen LogP contribution in [0, 0.1) is 11.3 Å². The fourth-order valence-electron chi connectivity index (χ4n) is 5.40. The van der Waals surface area contributed by atoms with Crippen molar-refractivity contribution in [3.63, 3.8) is 0 Å². The van der Waals surface area contributed by atoms with Crippen LogP contribution >= 0.6 is 11.6 Å². The molecule has 0 unspecified atom stereocenters. The highest BCUT2D eigenvalue weighted by molar-refractivity contribution is 6.34.